The van der Waals surface area contributed by atoms with Crippen LogP contribution in [0.4, 0.5) is 10.0 Å². The molecule has 0 heterocycles. The number of hydrogen-bond donors (Lipinski definition) is 0. The molecule has 2 rings (SSSR count). The van der Waals surface area contributed by atoms with Crippen molar-refractivity contribution in [2.24, 2.45) is 5.11 Å². The number of halogens is 1. The maximum absolute atomic E-state index is 11.9. The van der Waals surface area contributed by atoms with Gasteiger partial charge in [-0.1, -0.05) is 0 Å². The molecule has 0 aliphatic carbocycles. The van der Waals surface area contributed by atoms with Gasteiger partial charge in [-0.2, -0.15) is 0 Å². The SMILES string of the molecule is Cc1ccc(Sc2cc(C)c(N=[N+]=BF)cc2C)cc1. The average Bonchev–Trinajstić information content (AvgIpc) is 2.43. The van der Waals surface area contributed by atoms with E-state index >= 15 is 0 Å². The van der Waals surface area contributed by atoms with E-state index in [1.54, 1.807) is 11.8 Å². The first-order valence-electron chi connectivity index (χ1n) is 6.28. The molecule has 0 fully saturated rings. The van der Waals surface area contributed by atoms with E-state index in [9.17, 15) is 4.32 Å². The van der Waals surface area contributed by atoms with Gasteiger partial charge in [0, 0.05) is 0 Å². The van der Waals surface area contributed by atoms with Crippen LogP contribution in [0.15, 0.2) is 51.3 Å². The zero-order chi connectivity index (χ0) is 14.5. The van der Waals surface area contributed by atoms with E-state index in [0.717, 1.165) is 11.1 Å². The predicted molar refractivity (Wildman–Crippen MR) is 82.3 cm³/mol. The zero-order valence-corrected chi connectivity index (χ0v) is 12.5. The molecule has 0 aliphatic rings. The summed E-state index contributed by atoms with van der Waals surface area (Å²) in [6, 6.07) is 12.4. The maximum atomic E-state index is 11.9. The molecule has 0 spiro atoms. The number of nitrogens with zero attached hydrogens (tertiary/aromatic N) is 2. The Morgan fingerprint density at radius 1 is 1.05 bits per heavy atom. The molecule has 100 valence electrons. The first-order chi connectivity index (χ1) is 9.60. The molecule has 5 heteroatoms. The standard InChI is InChI=1S/C15H15BFN2S/c1-10-4-6-13(7-5-10)20-15-9-11(2)14(8-12(15)3)18-19-16-17/h4-9H,1-3H3/q+1. The quantitative estimate of drug-likeness (QED) is 0.456. The molecule has 2 aromatic carbocycles. The van der Waals surface area contributed by atoms with E-state index in [2.05, 4.69) is 47.1 Å². The van der Waals surface area contributed by atoms with Crippen molar-refractivity contribution >= 4 is 24.8 Å². The van der Waals surface area contributed by atoms with E-state index < -0.39 is 0 Å². The number of hydrogen-bond acceptors (Lipinski definition) is 2. The van der Waals surface area contributed by atoms with Crippen LogP contribution in [0.1, 0.15) is 16.7 Å². The third kappa shape index (κ3) is 3.65. The molecular weight excluding hydrogens is 270 g/mol. The fraction of sp³-hybridized carbons (Fsp3) is 0.200. The van der Waals surface area contributed by atoms with Crippen LogP contribution >= 0.6 is 11.8 Å². The first-order valence-corrected chi connectivity index (χ1v) is 7.10. The first kappa shape index (κ1) is 14.7. The van der Waals surface area contributed by atoms with Crippen molar-refractivity contribution < 1.29 is 4.32 Å². The Morgan fingerprint density at radius 3 is 2.40 bits per heavy atom. The van der Waals surface area contributed by atoms with Crippen LogP contribution in [0.25, 0.3) is 0 Å². The monoisotopic (exact) mass is 285 g/mol. The van der Waals surface area contributed by atoms with Gasteiger partial charge >= 0.3 is 123 Å². The van der Waals surface area contributed by atoms with Gasteiger partial charge in [-0.15, -0.1) is 0 Å². The van der Waals surface area contributed by atoms with Crippen molar-refractivity contribution in [1.82, 2.24) is 4.69 Å². The van der Waals surface area contributed by atoms with Gasteiger partial charge in [0.2, 0.25) is 0 Å². The third-order valence-corrected chi connectivity index (χ3v) is 4.12. The van der Waals surface area contributed by atoms with Crippen molar-refractivity contribution in [2.75, 3.05) is 0 Å². The normalized spacial score (nSPS) is 9.80. The number of rotatable bonds is 3. The molecule has 20 heavy (non-hydrogen) atoms. The van der Waals surface area contributed by atoms with E-state index in [0.29, 0.717) is 5.69 Å². The van der Waals surface area contributed by atoms with Crippen molar-refractivity contribution in [1.29, 1.82) is 0 Å². The Morgan fingerprint density at radius 2 is 1.75 bits per heavy atom. The minimum absolute atomic E-state index is 0.198. The predicted octanol–water partition coefficient (Wildman–Crippen LogP) is 4.69. The van der Waals surface area contributed by atoms with Crippen LogP contribution in [0, 0.1) is 20.8 Å². The second-order valence-electron chi connectivity index (χ2n) is 4.63. The van der Waals surface area contributed by atoms with Gasteiger partial charge in [-0.3, -0.25) is 0 Å². The Balaban J connectivity index is 2.31. The van der Waals surface area contributed by atoms with Gasteiger partial charge in [0.05, 0.1) is 0 Å². The van der Waals surface area contributed by atoms with Crippen LogP contribution < -0.4 is 4.69 Å². The molecule has 0 unspecified atom stereocenters. The third-order valence-electron chi connectivity index (χ3n) is 2.95. The number of benzene rings is 2. The Kier molecular flexibility index (Phi) is 4.88. The summed E-state index contributed by atoms with van der Waals surface area (Å²) >= 11 is 1.72. The van der Waals surface area contributed by atoms with Crippen molar-refractivity contribution in [3.05, 3.63) is 53.1 Å². The van der Waals surface area contributed by atoms with Crippen LogP contribution in [0.5, 0.6) is 0 Å². The van der Waals surface area contributed by atoms with Crippen molar-refractivity contribution in [3.63, 3.8) is 0 Å². The molecule has 0 aromatic heterocycles. The molecule has 0 atom stereocenters. The van der Waals surface area contributed by atoms with Crippen LogP contribution in [0.2, 0.25) is 0 Å². The van der Waals surface area contributed by atoms with E-state index in [-0.39, 0.29) is 7.35 Å². The van der Waals surface area contributed by atoms with Crippen molar-refractivity contribution in [3.8, 4) is 0 Å². The number of aryl methyl sites for hydroxylation is 3. The minimum atomic E-state index is 0.198. The molecule has 0 saturated carbocycles. The fourth-order valence-electron chi connectivity index (χ4n) is 1.81. The molecule has 0 amide bonds. The molecule has 0 saturated heterocycles. The summed E-state index contributed by atoms with van der Waals surface area (Å²) in [7, 11) is 0.198. The summed E-state index contributed by atoms with van der Waals surface area (Å²) < 4.78 is 15.2. The summed E-state index contributed by atoms with van der Waals surface area (Å²) in [5, 5.41) is 3.83. The Labute approximate surface area is 123 Å². The van der Waals surface area contributed by atoms with Gasteiger partial charge in [-0.25, -0.2) is 0 Å². The van der Waals surface area contributed by atoms with Crippen LogP contribution in [-0.4, -0.2) is 7.35 Å². The molecular formula is C15H15BFN2S+. The molecule has 0 bridgehead atoms. The van der Waals surface area contributed by atoms with Crippen LogP contribution in [0.3, 0.4) is 0 Å². The molecule has 0 N–H and O–H groups in total. The molecule has 2 aromatic rings. The average molecular weight is 285 g/mol. The molecule has 0 aliphatic heterocycles. The second-order valence-corrected chi connectivity index (χ2v) is 5.75. The van der Waals surface area contributed by atoms with Crippen molar-refractivity contribution in [2.45, 2.75) is 30.6 Å². The van der Waals surface area contributed by atoms with Gasteiger partial charge < -0.3 is 0 Å². The Bertz CT molecular complexity index is 677. The summed E-state index contributed by atoms with van der Waals surface area (Å²) in [6.45, 7) is 6.05. The summed E-state index contributed by atoms with van der Waals surface area (Å²) in [6.07, 6.45) is 0. The summed E-state index contributed by atoms with van der Waals surface area (Å²) in [5.74, 6) is 0. The summed E-state index contributed by atoms with van der Waals surface area (Å²) in [5.41, 5.74) is 4.04. The zero-order valence-electron chi connectivity index (χ0n) is 11.7. The van der Waals surface area contributed by atoms with Gasteiger partial charge in [0.25, 0.3) is 0 Å². The fourth-order valence-corrected chi connectivity index (χ4v) is 2.79. The van der Waals surface area contributed by atoms with Gasteiger partial charge in [-0.05, 0) is 0 Å². The van der Waals surface area contributed by atoms with E-state index in [1.807, 2.05) is 19.9 Å². The second kappa shape index (κ2) is 6.64. The molecule has 0 radical (unpaired) electrons. The van der Waals surface area contributed by atoms with E-state index in [1.165, 1.54) is 15.4 Å². The van der Waals surface area contributed by atoms with Gasteiger partial charge in [0.15, 0.2) is 0 Å². The van der Waals surface area contributed by atoms with E-state index in [4.69, 9.17) is 0 Å². The Hall–Kier alpha value is -1.71. The van der Waals surface area contributed by atoms with Crippen LogP contribution in [-0.2, 0) is 0 Å². The van der Waals surface area contributed by atoms with Gasteiger partial charge in [0.1, 0.15) is 0 Å². The summed E-state index contributed by atoms with van der Waals surface area (Å²) in [4.78, 5) is 2.37. The molecule has 2 nitrogen and oxygen atoms in total. The topological polar surface area (TPSA) is 26.5 Å².